The number of carbonyl (C=O) groups excluding carboxylic acids is 2. The standard InChI is InChI=1S/C14H16N4O2S/c1-8(19)11-6-4-5-7-12(11)16-13(20)9(2)21-14-15-10(3)17-18-14/h4-7,9H,1-3H3,(H,16,20)(H,15,17,18). The Bertz CT molecular complexity index is 668. The number of para-hydroxylation sites is 1. The van der Waals surface area contributed by atoms with E-state index in [0.717, 1.165) is 0 Å². The topological polar surface area (TPSA) is 87.7 Å². The van der Waals surface area contributed by atoms with Crippen molar-refractivity contribution in [3.63, 3.8) is 0 Å². The van der Waals surface area contributed by atoms with E-state index in [9.17, 15) is 9.59 Å². The van der Waals surface area contributed by atoms with Crippen molar-refractivity contribution in [1.82, 2.24) is 15.2 Å². The molecule has 1 aromatic carbocycles. The molecule has 21 heavy (non-hydrogen) atoms. The van der Waals surface area contributed by atoms with Crippen LogP contribution >= 0.6 is 11.8 Å². The van der Waals surface area contributed by atoms with Crippen LogP contribution in [0.15, 0.2) is 29.4 Å². The number of thioether (sulfide) groups is 1. The fraction of sp³-hybridized carbons (Fsp3) is 0.286. The first-order chi connectivity index (χ1) is 9.97. The number of benzene rings is 1. The number of carbonyl (C=O) groups is 2. The fourth-order valence-electron chi connectivity index (χ4n) is 1.72. The fourth-order valence-corrected chi connectivity index (χ4v) is 2.49. The van der Waals surface area contributed by atoms with E-state index < -0.39 is 0 Å². The molecule has 1 atom stereocenters. The Morgan fingerprint density at radius 2 is 2.05 bits per heavy atom. The monoisotopic (exact) mass is 304 g/mol. The maximum atomic E-state index is 12.2. The zero-order chi connectivity index (χ0) is 15.4. The summed E-state index contributed by atoms with van der Waals surface area (Å²) < 4.78 is 0. The van der Waals surface area contributed by atoms with Gasteiger partial charge in [0.25, 0.3) is 0 Å². The molecule has 0 radical (unpaired) electrons. The minimum Gasteiger partial charge on any atom is -0.324 e. The number of aromatic amines is 1. The summed E-state index contributed by atoms with van der Waals surface area (Å²) in [5.74, 6) is 0.416. The van der Waals surface area contributed by atoms with E-state index in [1.165, 1.54) is 18.7 Å². The lowest BCUT2D eigenvalue weighted by Gasteiger charge is -2.12. The summed E-state index contributed by atoms with van der Waals surface area (Å²) in [6, 6.07) is 6.94. The highest BCUT2D eigenvalue weighted by Gasteiger charge is 2.18. The number of rotatable bonds is 5. The Labute approximate surface area is 126 Å². The minimum atomic E-state index is -0.375. The quantitative estimate of drug-likeness (QED) is 0.654. The van der Waals surface area contributed by atoms with Gasteiger partial charge in [-0.2, -0.15) is 0 Å². The Morgan fingerprint density at radius 3 is 2.67 bits per heavy atom. The van der Waals surface area contributed by atoms with Gasteiger partial charge in [-0.3, -0.25) is 14.7 Å². The lowest BCUT2D eigenvalue weighted by molar-refractivity contribution is -0.115. The first-order valence-electron chi connectivity index (χ1n) is 6.44. The second-order valence-electron chi connectivity index (χ2n) is 4.55. The summed E-state index contributed by atoms with van der Waals surface area (Å²) in [5.41, 5.74) is 1.02. The van der Waals surface area contributed by atoms with Gasteiger partial charge in [0.05, 0.1) is 10.9 Å². The maximum Gasteiger partial charge on any atom is 0.237 e. The number of H-pyrrole nitrogens is 1. The zero-order valence-corrected chi connectivity index (χ0v) is 12.8. The molecule has 0 fully saturated rings. The minimum absolute atomic E-state index is 0.0872. The Balaban J connectivity index is 2.05. The molecule has 0 saturated heterocycles. The van der Waals surface area contributed by atoms with Gasteiger partial charge in [0, 0.05) is 5.56 Å². The molecule has 0 aliphatic rings. The average molecular weight is 304 g/mol. The average Bonchev–Trinajstić information content (AvgIpc) is 2.84. The van der Waals surface area contributed by atoms with E-state index in [-0.39, 0.29) is 16.9 Å². The van der Waals surface area contributed by atoms with Crippen molar-refractivity contribution in [2.75, 3.05) is 5.32 Å². The molecule has 6 nitrogen and oxygen atoms in total. The predicted octanol–water partition coefficient (Wildman–Crippen LogP) is 2.44. The molecule has 1 heterocycles. The van der Waals surface area contributed by atoms with Gasteiger partial charge in [0.2, 0.25) is 11.1 Å². The van der Waals surface area contributed by atoms with Crippen molar-refractivity contribution >= 4 is 29.1 Å². The predicted molar refractivity (Wildman–Crippen MR) is 81.5 cm³/mol. The van der Waals surface area contributed by atoms with Crippen LogP contribution in [0, 0.1) is 6.92 Å². The van der Waals surface area contributed by atoms with E-state index in [2.05, 4.69) is 20.5 Å². The number of ketones is 1. The van der Waals surface area contributed by atoms with Crippen molar-refractivity contribution in [2.24, 2.45) is 0 Å². The number of nitrogens with one attached hydrogen (secondary N) is 2. The molecular formula is C14H16N4O2S. The number of amides is 1. The molecule has 0 aliphatic carbocycles. The van der Waals surface area contributed by atoms with E-state index >= 15 is 0 Å². The molecule has 0 bridgehead atoms. The molecule has 0 aliphatic heterocycles. The highest BCUT2D eigenvalue weighted by Crippen LogP contribution is 2.22. The molecule has 1 aromatic heterocycles. The van der Waals surface area contributed by atoms with Crippen molar-refractivity contribution in [2.45, 2.75) is 31.2 Å². The molecule has 7 heteroatoms. The number of hydrogen-bond donors (Lipinski definition) is 2. The van der Waals surface area contributed by atoms with Gasteiger partial charge < -0.3 is 5.32 Å². The SMILES string of the molecule is CC(=O)c1ccccc1NC(=O)C(C)Sc1n[nH]c(C)n1. The summed E-state index contributed by atoms with van der Waals surface area (Å²) in [6.07, 6.45) is 0. The third-order valence-electron chi connectivity index (χ3n) is 2.79. The lowest BCUT2D eigenvalue weighted by Crippen LogP contribution is -2.23. The number of anilines is 1. The number of aryl methyl sites for hydroxylation is 1. The van der Waals surface area contributed by atoms with Crippen LogP contribution in [-0.2, 0) is 4.79 Å². The van der Waals surface area contributed by atoms with Crippen LogP contribution < -0.4 is 5.32 Å². The van der Waals surface area contributed by atoms with Gasteiger partial charge in [0.1, 0.15) is 5.82 Å². The van der Waals surface area contributed by atoms with Gasteiger partial charge in [0.15, 0.2) is 5.78 Å². The third-order valence-corrected chi connectivity index (χ3v) is 3.75. The van der Waals surface area contributed by atoms with Gasteiger partial charge in [-0.15, -0.1) is 5.10 Å². The molecule has 110 valence electrons. The van der Waals surface area contributed by atoms with Crippen molar-refractivity contribution in [3.05, 3.63) is 35.7 Å². The first kappa shape index (κ1) is 15.2. The first-order valence-corrected chi connectivity index (χ1v) is 7.32. The molecular weight excluding hydrogens is 288 g/mol. The summed E-state index contributed by atoms with van der Waals surface area (Å²) in [5, 5.41) is 9.63. The highest BCUT2D eigenvalue weighted by molar-refractivity contribution is 8.00. The Kier molecular flexibility index (Phi) is 4.74. The molecule has 1 unspecified atom stereocenters. The Hall–Kier alpha value is -2.15. The summed E-state index contributed by atoms with van der Waals surface area (Å²) in [4.78, 5) is 27.9. The van der Waals surface area contributed by atoms with Gasteiger partial charge in [-0.05, 0) is 32.9 Å². The molecule has 0 saturated carbocycles. The van der Waals surface area contributed by atoms with Crippen LogP contribution in [0.2, 0.25) is 0 Å². The molecule has 0 spiro atoms. The van der Waals surface area contributed by atoms with Gasteiger partial charge in [-0.25, -0.2) is 4.98 Å². The second kappa shape index (κ2) is 6.53. The summed E-state index contributed by atoms with van der Waals surface area (Å²) in [6.45, 7) is 5.03. The summed E-state index contributed by atoms with van der Waals surface area (Å²) in [7, 11) is 0. The Morgan fingerprint density at radius 1 is 1.33 bits per heavy atom. The van der Waals surface area contributed by atoms with Gasteiger partial charge >= 0.3 is 0 Å². The maximum absolute atomic E-state index is 12.2. The van der Waals surface area contributed by atoms with E-state index in [4.69, 9.17) is 0 Å². The third kappa shape index (κ3) is 3.91. The van der Waals surface area contributed by atoms with Crippen LogP contribution in [0.1, 0.15) is 30.0 Å². The van der Waals surface area contributed by atoms with E-state index in [1.54, 1.807) is 38.1 Å². The van der Waals surface area contributed by atoms with Crippen LogP contribution in [-0.4, -0.2) is 32.1 Å². The van der Waals surface area contributed by atoms with Crippen molar-refractivity contribution < 1.29 is 9.59 Å². The molecule has 2 N–H and O–H groups in total. The van der Waals surface area contributed by atoms with Crippen LogP contribution in [0.5, 0.6) is 0 Å². The molecule has 1 amide bonds. The highest BCUT2D eigenvalue weighted by atomic mass is 32.2. The van der Waals surface area contributed by atoms with E-state index in [1.807, 2.05) is 0 Å². The zero-order valence-electron chi connectivity index (χ0n) is 12.0. The lowest BCUT2D eigenvalue weighted by atomic mass is 10.1. The normalized spacial score (nSPS) is 12.0. The molecule has 2 aromatic rings. The summed E-state index contributed by atoms with van der Waals surface area (Å²) >= 11 is 1.26. The van der Waals surface area contributed by atoms with Crippen LogP contribution in [0.3, 0.4) is 0 Å². The van der Waals surface area contributed by atoms with Crippen LogP contribution in [0.4, 0.5) is 5.69 Å². The number of Topliss-reactive ketones (excluding diaryl/α,β-unsaturated/α-hetero) is 1. The number of hydrogen-bond acceptors (Lipinski definition) is 5. The second-order valence-corrected chi connectivity index (χ2v) is 5.86. The molecule has 2 rings (SSSR count). The number of nitrogens with zero attached hydrogens (tertiary/aromatic N) is 2. The van der Waals surface area contributed by atoms with Gasteiger partial charge in [-0.1, -0.05) is 23.9 Å². The number of aromatic nitrogens is 3. The van der Waals surface area contributed by atoms with Crippen molar-refractivity contribution in [1.29, 1.82) is 0 Å². The van der Waals surface area contributed by atoms with E-state index in [0.29, 0.717) is 22.2 Å². The van der Waals surface area contributed by atoms with Crippen molar-refractivity contribution in [3.8, 4) is 0 Å². The largest absolute Gasteiger partial charge is 0.324 e. The van der Waals surface area contributed by atoms with Crippen LogP contribution in [0.25, 0.3) is 0 Å². The smallest absolute Gasteiger partial charge is 0.237 e.